The quantitative estimate of drug-likeness (QED) is 0.0222. The molecule has 0 spiro atoms. The maximum Gasteiger partial charge on any atom is 0.472 e. The number of phosphoric acid groups is 2. The number of carbonyl (C=O) groups excluding carboxylic acids is 4. The van der Waals surface area contributed by atoms with Crippen LogP contribution in [0.25, 0.3) is 0 Å². The van der Waals surface area contributed by atoms with Gasteiger partial charge in [-0.3, -0.25) is 37.3 Å². The van der Waals surface area contributed by atoms with Crippen molar-refractivity contribution in [3.8, 4) is 0 Å². The monoisotopic (exact) mass is 1320 g/mol. The van der Waals surface area contributed by atoms with E-state index in [0.29, 0.717) is 31.6 Å². The molecule has 0 aliphatic heterocycles. The lowest BCUT2D eigenvalue weighted by Gasteiger charge is -2.21. The third kappa shape index (κ3) is 64.8. The van der Waals surface area contributed by atoms with Crippen molar-refractivity contribution in [2.24, 2.45) is 11.8 Å². The number of hydrogen-bond acceptors (Lipinski definition) is 15. The number of carbonyl (C=O) groups is 4. The molecular weight excluding hydrogens is 1190 g/mol. The van der Waals surface area contributed by atoms with Crippen molar-refractivity contribution in [2.75, 3.05) is 39.6 Å². The second kappa shape index (κ2) is 63.1. The molecular formula is C71H138O17P2. The molecule has 0 aromatic heterocycles. The van der Waals surface area contributed by atoms with Crippen LogP contribution in [0.1, 0.15) is 363 Å². The highest BCUT2D eigenvalue weighted by Crippen LogP contribution is 2.45. The third-order valence-electron chi connectivity index (χ3n) is 16.5. The number of hydrogen-bond donors (Lipinski definition) is 3. The fourth-order valence-corrected chi connectivity index (χ4v) is 12.3. The summed E-state index contributed by atoms with van der Waals surface area (Å²) in [4.78, 5) is 72.4. The molecule has 5 atom stereocenters. The van der Waals surface area contributed by atoms with Crippen LogP contribution in [0.3, 0.4) is 0 Å². The molecule has 0 bridgehead atoms. The second-order valence-electron chi connectivity index (χ2n) is 26.6. The Morgan fingerprint density at radius 2 is 0.511 bits per heavy atom. The Hall–Kier alpha value is -1.94. The topological polar surface area (TPSA) is 237 Å². The zero-order valence-electron chi connectivity index (χ0n) is 58.4. The molecule has 0 heterocycles. The molecule has 0 saturated heterocycles. The van der Waals surface area contributed by atoms with E-state index in [1.54, 1.807) is 0 Å². The smallest absolute Gasteiger partial charge is 0.462 e. The summed E-state index contributed by atoms with van der Waals surface area (Å²) < 4.78 is 68.2. The fraction of sp³-hybridized carbons (Fsp3) is 0.944. The Morgan fingerprint density at radius 1 is 0.300 bits per heavy atom. The number of unbranched alkanes of at least 4 members (excludes halogenated alkanes) is 40. The van der Waals surface area contributed by atoms with Gasteiger partial charge in [0.2, 0.25) is 0 Å². The predicted molar refractivity (Wildman–Crippen MR) is 363 cm³/mol. The summed E-state index contributed by atoms with van der Waals surface area (Å²) in [6.45, 7) is 9.41. The van der Waals surface area contributed by atoms with Gasteiger partial charge in [-0.1, -0.05) is 311 Å². The Bertz CT molecular complexity index is 1750. The van der Waals surface area contributed by atoms with Gasteiger partial charge >= 0.3 is 39.5 Å². The van der Waals surface area contributed by atoms with Crippen molar-refractivity contribution < 1.29 is 80.2 Å². The lowest BCUT2D eigenvalue weighted by Crippen LogP contribution is -2.30. The van der Waals surface area contributed by atoms with Gasteiger partial charge in [0.25, 0.3) is 0 Å². The lowest BCUT2D eigenvalue weighted by molar-refractivity contribution is -0.161. The summed E-state index contributed by atoms with van der Waals surface area (Å²) in [6, 6.07) is 0. The van der Waals surface area contributed by atoms with Gasteiger partial charge in [-0.15, -0.1) is 0 Å². The van der Waals surface area contributed by atoms with Gasteiger partial charge in [-0.25, -0.2) is 9.13 Å². The first-order valence-corrected chi connectivity index (χ1v) is 40.0. The van der Waals surface area contributed by atoms with E-state index in [-0.39, 0.29) is 25.7 Å². The van der Waals surface area contributed by atoms with Crippen LogP contribution in [0.5, 0.6) is 0 Å². The van der Waals surface area contributed by atoms with Crippen LogP contribution < -0.4 is 0 Å². The first-order valence-electron chi connectivity index (χ1n) is 37.0. The summed E-state index contributed by atoms with van der Waals surface area (Å²) in [5.74, 6) is -0.719. The largest absolute Gasteiger partial charge is 0.472 e. The van der Waals surface area contributed by atoms with E-state index in [0.717, 1.165) is 102 Å². The van der Waals surface area contributed by atoms with Crippen molar-refractivity contribution in [1.29, 1.82) is 0 Å². The SMILES string of the molecule is CCCCCCCCCCCCCCCCCCCCCCCC(=O)O[C@H](COC(=O)CCCCCCCCCCCC(C)C)COP(=O)(O)OC[C@@H](O)COP(=O)(O)OC[C@@H](COC(=O)CCCCCCCCCC)OC(=O)CCCCCCCCC(C)C. The minimum absolute atomic E-state index is 0.102. The molecule has 0 aromatic carbocycles. The summed E-state index contributed by atoms with van der Waals surface area (Å²) in [5, 5.41) is 10.6. The lowest BCUT2D eigenvalue weighted by atomic mass is 10.0. The van der Waals surface area contributed by atoms with Gasteiger partial charge in [-0.05, 0) is 37.5 Å². The third-order valence-corrected chi connectivity index (χ3v) is 18.4. The molecule has 0 radical (unpaired) electrons. The highest BCUT2D eigenvalue weighted by molar-refractivity contribution is 7.47. The molecule has 3 N–H and O–H groups in total. The van der Waals surface area contributed by atoms with E-state index in [4.69, 9.17) is 37.0 Å². The van der Waals surface area contributed by atoms with Crippen LogP contribution in [0.15, 0.2) is 0 Å². The van der Waals surface area contributed by atoms with Crippen LogP contribution in [-0.4, -0.2) is 96.7 Å². The van der Waals surface area contributed by atoms with Gasteiger partial charge in [0.1, 0.15) is 19.3 Å². The van der Waals surface area contributed by atoms with Crippen LogP contribution in [0, 0.1) is 11.8 Å². The molecule has 0 aliphatic rings. The summed E-state index contributed by atoms with van der Waals surface area (Å²) >= 11 is 0. The van der Waals surface area contributed by atoms with Crippen LogP contribution in [0.4, 0.5) is 0 Å². The van der Waals surface area contributed by atoms with E-state index >= 15 is 0 Å². The molecule has 0 saturated carbocycles. The first-order chi connectivity index (χ1) is 43.4. The van der Waals surface area contributed by atoms with Crippen LogP contribution >= 0.6 is 15.6 Å². The first kappa shape index (κ1) is 88.1. The minimum Gasteiger partial charge on any atom is -0.462 e. The molecule has 17 nitrogen and oxygen atoms in total. The number of aliphatic hydroxyl groups excluding tert-OH is 1. The highest BCUT2D eigenvalue weighted by Gasteiger charge is 2.30. The average Bonchev–Trinajstić information content (AvgIpc) is 3.72. The van der Waals surface area contributed by atoms with Gasteiger partial charge in [0.15, 0.2) is 12.2 Å². The zero-order chi connectivity index (χ0) is 66.5. The maximum absolute atomic E-state index is 13.0. The van der Waals surface area contributed by atoms with E-state index in [1.165, 1.54) is 173 Å². The Labute approximate surface area is 549 Å². The van der Waals surface area contributed by atoms with Crippen molar-refractivity contribution in [1.82, 2.24) is 0 Å². The molecule has 0 aromatic rings. The van der Waals surface area contributed by atoms with Crippen LogP contribution in [0.2, 0.25) is 0 Å². The molecule has 0 aliphatic carbocycles. The predicted octanol–water partition coefficient (Wildman–Crippen LogP) is 20.4. The molecule has 0 fully saturated rings. The van der Waals surface area contributed by atoms with E-state index in [2.05, 4.69) is 41.5 Å². The van der Waals surface area contributed by atoms with E-state index in [1.807, 2.05) is 0 Å². The van der Waals surface area contributed by atoms with Crippen molar-refractivity contribution in [3.63, 3.8) is 0 Å². The van der Waals surface area contributed by atoms with E-state index < -0.39 is 97.5 Å². The molecule has 534 valence electrons. The maximum atomic E-state index is 13.0. The normalized spacial score (nSPS) is 14.1. The second-order valence-corrected chi connectivity index (χ2v) is 29.5. The van der Waals surface area contributed by atoms with Gasteiger partial charge in [0.05, 0.1) is 26.4 Å². The standard InChI is InChI=1S/C71H138O17P2/c1-7-9-11-13-15-17-18-19-20-21-22-23-24-25-26-27-28-31-36-43-49-55-70(75)87-66(59-82-69(74)54-48-42-35-32-29-30-33-39-45-51-63(3)4)61-85-89(77,78)83-57-65(72)58-84-90(79,80)86-62-67(60-81-68(73)53-47-41-34-16-14-12-10-8-2)88-71(76)56-50-44-38-37-40-46-52-64(5)6/h63-67,72H,7-62H2,1-6H3,(H,77,78)(H,79,80)/t65-,66-,67-/m1/s1. The minimum atomic E-state index is -4.95. The summed E-state index contributed by atoms with van der Waals surface area (Å²) in [7, 11) is -9.89. The number of aliphatic hydroxyl groups is 1. The molecule has 90 heavy (non-hydrogen) atoms. The van der Waals surface area contributed by atoms with Crippen molar-refractivity contribution in [3.05, 3.63) is 0 Å². The van der Waals surface area contributed by atoms with Gasteiger partial charge in [-0.2, -0.15) is 0 Å². The number of ether oxygens (including phenoxy) is 4. The summed E-state index contributed by atoms with van der Waals surface area (Å²) in [6.07, 6.45) is 49.0. The number of esters is 4. The van der Waals surface area contributed by atoms with Crippen LogP contribution in [-0.2, 0) is 65.4 Å². The van der Waals surface area contributed by atoms with Gasteiger partial charge < -0.3 is 33.8 Å². The molecule has 2 unspecified atom stereocenters. The average molecular weight is 1330 g/mol. The Balaban J connectivity index is 5.14. The summed E-state index contributed by atoms with van der Waals surface area (Å²) in [5.41, 5.74) is 0. The molecule has 0 rings (SSSR count). The van der Waals surface area contributed by atoms with Crippen molar-refractivity contribution in [2.45, 2.75) is 381 Å². The zero-order valence-corrected chi connectivity index (χ0v) is 60.2. The highest BCUT2D eigenvalue weighted by atomic mass is 31.2. The Kier molecular flexibility index (Phi) is 61.8. The molecule has 19 heteroatoms. The van der Waals surface area contributed by atoms with E-state index in [9.17, 15) is 43.2 Å². The fourth-order valence-electron chi connectivity index (χ4n) is 10.8. The molecule has 0 amide bonds. The Morgan fingerprint density at radius 3 is 0.756 bits per heavy atom. The van der Waals surface area contributed by atoms with Gasteiger partial charge in [0, 0.05) is 25.7 Å². The number of phosphoric ester groups is 2. The van der Waals surface area contributed by atoms with Crippen molar-refractivity contribution >= 4 is 39.5 Å². The number of rotatable bonds is 70.